The van der Waals surface area contributed by atoms with Crippen molar-refractivity contribution in [3.05, 3.63) is 34.4 Å². The van der Waals surface area contributed by atoms with E-state index < -0.39 is 11.4 Å². The SMILES string of the molecule is Cc1cc(CCCCCCC(C)(C)C(=O)O)cc(CCCCC(C)(C)OC=O)c1C. The van der Waals surface area contributed by atoms with Gasteiger partial charge in [0.2, 0.25) is 0 Å². The van der Waals surface area contributed by atoms with Crippen LogP contribution in [0.2, 0.25) is 0 Å². The summed E-state index contributed by atoms with van der Waals surface area (Å²) >= 11 is 0. The average molecular weight is 419 g/mol. The molecule has 4 heteroatoms. The highest BCUT2D eigenvalue weighted by atomic mass is 16.5. The minimum Gasteiger partial charge on any atom is -0.481 e. The van der Waals surface area contributed by atoms with Crippen molar-refractivity contribution in [2.75, 3.05) is 0 Å². The molecule has 0 unspecified atom stereocenters. The Labute approximate surface area is 183 Å². The molecule has 0 aliphatic rings. The van der Waals surface area contributed by atoms with Crippen LogP contribution in [0.1, 0.15) is 101 Å². The third-order valence-electron chi connectivity index (χ3n) is 6.27. The first-order valence-electron chi connectivity index (χ1n) is 11.4. The quantitative estimate of drug-likeness (QED) is 0.258. The van der Waals surface area contributed by atoms with Gasteiger partial charge in [-0.05, 0) is 109 Å². The number of hydrogen-bond donors (Lipinski definition) is 1. The smallest absolute Gasteiger partial charge is 0.309 e. The molecule has 1 aromatic rings. The molecule has 0 spiro atoms. The number of aryl methyl sites for hydroxylation is 3. The van der Waals surface area contributed by atoms with Gasteiger partial charge in [-0.15, -0.1) is 0 Å². The summed E-state index contributed by atoms with van der Waals surface area (Å²) in [6.07, 6.45) is 10.2. The zero-order valence-electron chi connectivity index (χ0n) is 20.0. The van der Waals surface area contributed by atoms with Crippen LogP contribution in [-0.4, -0.2) is 23.1 Å². The molecule has 0 atom stereocenters. The number of carbonyl (C=O) groups excluding carboxylic acids is 1. The lowest BCUT2D eigenvalue weighted by molar-refractivity contribution is -0.147. The molecule has 0 bridgehead atoms. The number of carboxylic acids is 1. The zero-order valence-corrected chi connectivity index (χ0v) is 20.0. The summed E-state index contributed by atoms with van der Waals surface area (Å²) in [6, 6.07) is 4.68. The van der Waals surface area contributed by atoms with Gasteiger partial charge in [-0.25, -0.2) is 0 Å². The molecule has 0 aromatic heterocycles. The van der Waals surface area contributed by atoms with E-state index in [1.54, 1.807) is 0 Å². The van der Waals surface area contributed by atoms with Gasteiger partial charge < -0.3 is 9.84 Å². The van der Waals surface area contributed by atoms with Crippen molar-refractivity contribution in [2.45, 2.75) is 111 Å². The summed E-state index contributed by atoms with van der Waals surface area (Å²) in [7, 11) is 0. The van der Waals surface area contributed by atoms with Crippen LogP contribution in [-0.2, 0) is 27.2 Å². The van der Waals surface area contributed by atoms with E-state index in [9.17, 15) is 14.7 Å². The third-order valence-corrected chi connectivity index (χ3v) is 6.27. The van der Waals surface area contributed by atoms with Gasteiger partial charge in [0.05, 0.1) is 5.41 Å². The summed E-state index contributed by atoms with van der Waals surface area (Å²) in [5, 5.41) is 9.19. The molecule has 0 saturated carbocycles. The Bertz CT molecular complexity index is 689. The molecular formula is C26H42O4. The van der Waals surface area contributed by atoms with E-state index in [1.807, 2.05) is 27.7 Å². The molecular weight excluding hydrogens is 376 g/mol. The lowest BCUT2D eigenvalue weighted by Gasteiger charge is -2.22. The maximum Gasteiger partial charge on any atom is 0.309 e. The van der Waals surface area contributed by atoms with Crippen LogP contribution >= 0.6 is 0 Å². The van der Waals surface area contributed by atoms with E-state index in [1.165, 1.54) is 22.3 Å². The average Bonchev–Trinajstić information content (AvgIpc) is 2.64. The molecule has 1 rings (SSSR count). The van der Waals surface area contributed by atoms with E-state index in [-0.39, 0.29) is 5.60 Å². The Morgan fingerprint density at radius 2 is 1.53 bits per heavy atom. The Kier molecular flexibility index (Phi) is 10.6. The highest BCUT2D eigenvalue weighted by Gasteiger charge is 2.25. The summed E-state index contributed by atoms with van der Waals surface area (Å²) in [4.78, 5) is 21.7. The summed E-state index contributed by atoms with van der Waals surface area (Å²) in [5.74, 6) is -0.704. The second-order valence-corrected chi connectivity index (χ2v) is 9.98. The van der Waals surface area contributed by atoms with Crippen molar-refractivity contribution >= 4 is 12.4 Å². The van der Waals surface area contributed by atoms with Gasteiger partial charge in [-0.1, -0.05) is 31.4 Å². The van der Waals surface area contributed by atoms with Crippen LogP contribution < -0.4 is 0 Å². The van der Waals surface area contributed by atoms with Crippen LogP contribution in [0.3, 0.4) is 0 Å². The minimum atomic E-state index is -0.704. The van der Waals surface area contributed by atoms with E-state index in [0.29, 0.717) is 6.47 Å². The Morgan fingerprint density at radius 3 is 2.17 bits per heavy atom. The first kappa shape index (κ1) is 26.2. The Hall–Kier alpha value is -1.84. The van der Waals surface area contributed by atoms with Crippen LogP contribution in [0.25, 0.3) is 0 Å². The summed E-state index contributed by atoms with van der Waals surface area (Å²) in [5.41, 5.74) is 4.59. The molecule has 0 amide bonds. The largest absolute Gasteiger partial charge is 0.481 e. The number of ether oxygens (including phenoxy) is 1. The van der Waals surface area contributed by atoms with E-state index >= 15 is 0 Å². The number of unbranched alkanes of at least 4 members (excludes halogenated alkanes) is 4. The van der Waals surface area contributed by atoms with E-state index in [4.69, 9.17) is 4.74 Å². The second-order valence-electron chi connectivity index (χ2n) is 9.98. The third kappa shape index (κ3) is 9.32. The van der Waals surface area contributed by atoms with Crippen molar-refractivity contribution in [2.24, 2.45) is 5.41 Å². The number of carbonyl (C=O) groups is 2. The molecule has 0 aliphatic carbocycles. The van der Waals surface area contributed by atoms with Crippen LogP contribution in [0.4, 0.5) is 0 Å². The van der Waals surface area contributed by atoms with Gasteiger partial charge in [0, 0.05) is 0 Å². The van der Waals surface area contributed by atoms with Crippen molar-refractivity contribution in [3.63, 3.8) is 0 Å². The molecule has 0 aliphatic heterocycles. The van der Waals surface area contributed by atoms with Crippen molar-refractivity contribution < 1.29 is 19.4 Å². The normalized spacial score (nSPS) is 12.1. The topological polar surface area (TPSA) is 63.6 Å². The number of hydrogen-bond acceptors (Lipinski definition) is 3. The maximum atomic E-state index is 11.2. The molecule has 1 N–H and O–H groups in total. The number of carboxylic acid groups (broad SMARTS) is 1. The first-order chi connectivity index (χ1) is 14.0. The fourth-order valence-corrected chi connectivity index (χ4v) is 3.83. The minimum absolute atomic E-state index is 0.381. The molecule has 4 nitrogen and oxygen atoms in total. The van der Waals surface area contributed by atoms with Crippen molar-refractivity contribution in [3.8, 4) is 0 Å². The summed E-state index contributed by atoms with van der Waals surface area (Å²) < 4.78 is 5.14. The highest BCUT2D eigenvalue weighted by molar-refractivity contribution is 5.73. The van der Waals surface area contributed by atoms with Gasteiger partial charge in [0.1, 0.15) is 5.60 Å². The molecule has 1 aromatic carbocycles. The number of rotatable bonds is 15. The van der Waals surface area contributed by atoms with Crippen LogP contribution in [0, 0.1) is 19.3 Å². The summed E-state index contributed by atoms with van der Waals surface area (Å²) in [6.45, 7) is 12.5. The highest BCUT2D eigenvalue weighted by Crippen LogP contribution is 2.25. The molecule has 0 fully saturated rings. The molecule has 0 saturated heterocycles. The van der Waals surface area contributed by atoms with Gasteiger partial charge >= 0.3 is 5.97 Å². The number of aliphatic carboxylic acids is 1. The predicted molar refractivity (Wildman–Crippen MR) is 123 cm³/mol. The zero-order chi connectivity index (χ0) is 22.8. The molecule has 0 radical (unpaired) electrons. The lowest BCUT2D eigenvalue weighted by atomic mass is 9.87. The molecule has 0 heterocycles. The predicted octanol–water partition coefficient (Wildman–Crippen LogP) is 6.57. The van der Waals surface area contributed by atoms with Crippen LogP contribution in [0.5, 0.6) is 0 Å². The van der Waals surface area contributed by atoms with E-state index in [2.05, 4.69) is 26.0 Å². The standard InChI is InChI=1S/C26H42O4/c1-20-17-22(13-9-7-8-11-15-25(3,4)24(28)29)18-23(21(20)2)14-10-12-16-26(5,6)30-19-27/h17-19H,7-16H2,1-6H3,(H,28,29). The van der Waals surface area contributed by atoms with Crippen molar-refractivity contribution in [1.29, 1.82) is 0 Å². The molecule has 170 valence electrons. The Balaban J connectivity index is 2.45. The number of benzene rings is 1. The van der Waals surface area contributed by atoms with Gasteiger partial charge in [-0.2, -0.15) is 0 Å². The van der Waals surface area contributed by atoms with Crippen molar-refractivity contribution in [1.82, 2.24) is 0 Å². The Morgan fingerprint density at radius 1 is 0.933 bits per heavy atom. The molecule has 30 heavy (non-hydrogen) atoms. The lowest BCUT2D eigenvalue weighted by Crippen LogP contribution is -2.23. The maximum absolute atomic E-state index is 11.2. The fourth-order valence-electron chi connectivity index (χ4n) is 3.83. The fraction of sp³-hybridized carbons (Fsp3) is 0.692. The van der Waals surface area contributed by atoms with Gasteiger partial charge in [0.15, 0.2) is 0 Å². The van der Waals surface area contributed by atoms with E-state index in [0.717, 1.165) is 64.2 Å². The van der Waals surface area contributed by atoms with Crippen LogP contribution in [0.15, 0.2) is 12.1 Å². The van der Waals surface area contributed by atoms with Gasteiger partial charge in [0.25, 0.3) is 6.47 Å². The first-order valence-corrected chi connectivity index (χ1v) is 11.4. The second kappa shape index (κ2) is 12.1. The van der Waals surface area contributed by atoms with Gasteiger partial charge in [-0.3, -0.25) is 9.59 Å². The monoisotopic (exact) mass is 418 g/mol.